The van der Waals surface area contributed by atoms with E-state index in [0.29, 0.717) is 17.8 Å². The average Bonchev–Trinajstić information content (AvgIpc) is 2.46. The Labute approximate surface area is 127 Å². The van der Waals surface area contributed by atoms with Crippen LogP contribution < -0.4 is 5.32 Å². The molecule has 114 valence electrons. The molecule has 6 heteroatoms. The fourth-order valence-electron chi connectivity index (χ4n) is 6.94. The van der Waals surface area contributed by atoms with Crippen LogP contribution in [0.5, 0.6) is 0 Å². The first-order chi connectivity index (χ1) is 10.4. The number of carbonyl (C=O) groups excluding carboxylic acids is 1. The van der Waals surface area contributed by atoms with Crippen molar-refractivity contribution in [3.63, 3.8) is 0 Å². The molecule has 1 aromatic rings. The van der Waals surface area contributed by atoms with E-state index in [1.165, 1.54) is 6.07 Å². The molecule has 1 aromatic carbocycles. The highest BCUT2D eigenvalue weighted by atomic mass is 32.2. The Bertz CT molecular complexity index is 842. The first-order valence-electron chi connectivity index (χ1n) is 7.69. The van der Waals surface area contributed by atoms with E-state index in [2.05, 4.69) is 5.32 Å². The molecule has 0 atom stereocenters. The Balaban J connectivity index is 1.35. The van der Waals surface area contributed by atoms with Crippen LogP contribution in [-0.2, 0) is 9.84 Å². The van der Waals surface area contributed by atoms with Gasteiger partial charge >= 0.3 is 0 Å². The number of hydrogen-bond donors (Lipinski definition) is 1. The number of amides is 1. The largest absolute Gasteiger partial charge is 0.346 e. The molecule has 0 aromatic heterocycles. The van der Waals surface area contributed by atoms with Crippen molar-refractivity contribution in [3.8, 4) is 0 Å². The summed E-state index contributed by atoms with van der Waals surface area (Å²) < 4.78 is 37.0. The second-order valence-electron chi connectivity index (χ2n) is 7.69. The van der Waals surface area contributed by atoms with Gasteiger partial charge in [-0.15, -0.1) is 0 Å². The molecule has 0 heterocycles. The van der Waals surface area contributed by atoms with E-state index in [1.807, 2.05) is 0 Å². The first-order valence-corrected chi connectivity index (χ1v) is 9.58. The number of nitrogens with one attached hydrogen (secondary N) is 1. The number of rotatable bonds is 3. The van der Waals surface area contributed by atoms with Crippen molar-refractivity contribution in [1.82, 2.24) is 5.32 Å². The number of sulfone groups is 1. The minimum Gasteiger partial charge on any atom is -0.346 e. The van der Waals surface area contributed by atoms with Gasteiger partial charge in [-0.3, -0.25) is 4.79 Å². The van der Waals surface area contributed by atoms with E-state index in [1.54, 1.807) is 0 Å². The minimum absolute atomic E-state index is 0.0327. The SMILES string of the molecule is CS(=O)(=O)c1cc(F)ccc1C(=O)NC12C3C4C5C3C1C5C42. The van der Waals surface area contributed by atoms with Crippen molar-refractivity contribution >= 4 is 15.7 Å². The smallest absolute Gasteiger partial charge is 0.253 e. The van der Waals surface area contributed by atoms with E-state index in [0.717, 1.165) is 42.1 Å². The lowest BCUT2D eigenvalue weighted by Crippen LogP contribution is -3.11. The van der Waals surface area contributed by atoms with E-state index in [9.17, 15) is 17.6 Å². The molecule has 0 unspecified atom stereocenters. The predicted molar refractivity (Wildman–Crippen MR) is 74.1 cm³/mol. The van der Waals surface area contributed by atoms with Crippen molar-refractivity contribution < 1.29 is 17.6 Å². The highest BCUT2D eigenvalue weighted by molar-refractivity contribution is 7.90. The van der Waals surface area contributed by atoms with Crippen molar-refractivity contribution in [2.75, 3.05) is 6.26 Å². The fourth-order valence-corrected chi connectivity index (χ4v) is 7.82. The van der Waals surface area contributed by atoms with Gasteiger partial charge in [0.05, 0.1) is 16.0 Å². The highest BCUT2D eigenvalue weighted by Crippen LogP contribution is 3.02. The normalized spacial score (nSPS) is 50.5. The van der Waals surface area contributed by atoms with E-state index >= 15 is 0 Å². The van der Waals surface area contributed by atoms with Gasteiger partial charge < -0.3 is 5.32 Å². The van der Waals surface area contributed by atoms with Gasteiger partial charge in [-0.1, -0.05) is 0 Å². The molecule has 6 fully saturated rings. The molecule has 0 aliphatic heterocycles. The molecule has 0 spiro atoms. The van der Waals surface area contributed by atoms with Crippen molar-refractivity contribution in [2.24, 2.45) is 41.4 Å². The van der Waals surface area contributed by atoms with Crippen LogP contribution >= 0.6 is 0 Å². The molecular formula is C16H14FNO3S. The van der Waals surface area contributed by atoms with Crippen LogP contribution in [0.3, 0.4) is 0 Å². The molecule has 0 saturated heterocycles. The minimum atomic E-state index is -3.64. The maximum atomic E-state index is 13.4. The second-order valence-corrected chi connectivity index (χ2v) is 9.67. The van der Waals surface area contributed by atoms with Gasteiger partial charge in [0, 0.05) is 6.26 Å². The molecule has 1 amide bonds. The van der Waals surface area contributed by atoms with Gasteiger partial charge in [-0.25, -0.2) is 12.8 Å². The van der Waals surface area contributed by atoms with E-state index < -0.39 is 15.7 Å². The third-order valence-electron chi connectivity index (χ3n) is 7.39. The lowest BCUT2D eigenvalue weighted by Gasteiger charge is -3.07. The Hall–Kier alpha value is -1.43. The molecule has 1 N–H and O–H groups in total. The number of hydrogen-bond acceptors (Lipinski definition) is 3. The highest BCUT2D eigenvalue weighted by Gasteiger charge is 3.04. The van der Waals surface area contributed by atoms with E-state index in [4.69, 9.17) is 0 Å². The summed E-state index contributed by atoms with van der Waals surface area (Å²) in [6.07, 6.45) is 1.00. The topological polar surface area (TPSA) is 63.2 Å². The van der Waals surface area contributed by atoms with Gasteiger partial charge in [0.1, 0.15) is 5.82 Å². The zero-order valence-electron chi connectivity index (χ0n) is 11.8. The molecule has 0 bridgehead atoms. The Kier molecular flexibility index (Phi) is 1.63. The number of halogens is 1. The van der Waals surface area contributed by atoms with Crippen LogP contribution in [0.15, 0.2) is 23.1 Å². The van der Waals surface area contributed by atoms with E-state index in [-0.39, 0.29) is 21.9 Å². The fraction of sp³-hybridized carbons (Fsp3) is 0.562. The lowest BCUT2D eigenvalue weighted by atomic mass is 8.98. The lowest BCUT2D eigenvalue weighted by molar-refractivity contribution is -0.577. The molecule has 4 nitrogen and oxygen atoms in total. The summed E-state index contributed by atoms with van der Waals surface area (Å²) in [5.41, 5.74) is 0.0345. The zero-order chi connectivity index (χ0) is 15.2. The second kappa shape index (κ2) is 2.98. The maximum Gasteiger partial charge on any atom is 0.253 e. The summed E-state index contributed by atoms with van der Waals surface area (Å²) in [4.78, 5) is 12.4. The average molecular weight is 319 g/mol. The molecule has 6 aliphatic carbocycles. The van der Waals surface area contributed by atoms with Crippen LogP contribution in [0.25, 0.3) is 0 Å². The molecule has 22 heavy (non-hydrogen) atoms. The van der Waals surface area contributed by atoms with Gasteiger partial charge in [-0.2, -0.15) is 0 Å². The quantitative estimate of drug-likeness (QED) is 0.907. The first kappa shape index (κ1) is 12.0. The number of carbonyl (C=O) groups is 1. The molecule has 6 saturated carbocycles. The van der Waals surface area contributed by atoms with Crippen molar-refractivity contribution in [1.29, 1.82) is 0 Å². The van der Waals surface area contributed by atoms with Crippen molar-refractivity contribution in [3.05, 3.63) is 29.6 Å². The molecule has 7 rings (SSSR count). The summed E-state index contributed by atoms with van der Waals surface area (Å²) in [5, 5.41) is 3.13. The van der Waals surface area contributed by atoms with Gasteiger partial charge in [-0.05, 0) is 59.6 Å². The monoisotopic (exact) mass is 319 g/mol. The van der Waals surface area contributed by atoms with Gasteiger partial charge in [0.25, 0.3) is 5.91 Å². The maximum absolute atomic E-state index is 13.4. The molecular weight excluding hydrogens is 305 g/mol. The zero-order valence-corrected chi connectivity index (χ0v) is 12.6. The van der Waals surface area contributed by atoms with Crippen molar-refractivity contribution in [2.45, 2.75) is 10.4 Å². The third kappa shape index (κ3) is 0.883. The van der Waals surface area contributed by atoms with Crippen LogP contribution in [0, 0.1) is 47.2 Å². The summed E-state index contributed by atoms with van der Waals surface area (Å²) in [6, 6.07) is 3.36. The third-order valence-corrected chi connectivity index (χ3v) is 8.53. The summed E-state index contributed by atoms with van der Waals surface area (Å²) in [6.45, 7) is 0. The van der Waals surface area contributed by atoms with Gasteiger partial charge in [0.2, 0.25) is 0 Å². The van der Waals surface area contributed by atoms with Crippen LogP contribution in [0.1, 0.15) is 10.4 Å². The molecule has 6 aliphatic rings. The van der Waals surface area contributed by atoms with Gasteiger partial charge in [0.15, 0.2) is 9.84 Å². The summed E-state index contributed by atoms with van der Waals surface area (Å²) in [5.74, 6) is 4.38. The number of benzene rings is 1. The summed E-state index contributed by atoms with van der Waals surface area (Å²) >= 11 is 0. The standard InChI is InChI=1S/C16H14FNO3S/c1-22(20,21)7-4-5(17)2-3-6(7)15(19)18-16-12-9-8-10(12)14(16)11(8)13(9)16/h2-4,8-14H,1H3,(H,18,19). The van der Waals surface area contributed by atoms with Crippen LogP contribution in [0.4, 0.5) is 4.39 Å². The Morgan fingerprint density at radius 3 is 2.27 bits per heavy atom. The molecule has 0 radical (unpaired) electrons. The predicted octanol–water partition coefficient (Wildman–Crippen LogP) is 1.08. The summed E-state index contributed by atoms with van der Waals surface area (Å²) in [7, 11) is -3.64. The van der Waals surface area contributed by atoms with Crippen LogP contribution in [0.2, 0.25) is 0 Å². The van der Waals surface area contributed by atoms with Crippen LogP contribution in [-0.4, -0.2) is 26.1 Å². The Morgan fingerprint density at radius 2 is 1.73 bits per heavy atom. The Morgan fingerprint density at radius 1 is 1.14 bits per heavy atom.